The molecule has 0 saturated heterocycles. The van der Waals surface area contributed by atoms with Crippen molar-refractivity contribution in [1.29, 1.82) is 0 Å². The highest BCUT2D eigenvalue weighted by Gasteiger charge is 2.29. The number of nitrogens with zero attached hydrogens (tertiary/aromatic N) is 3. The molecule has 1 aliphatic carbocycles. The van der Waals surface area contributed by atoms with Crippen molar-refractivity contribution in [1.82, 2.24) is 9.88 Å². The van der Waals surface area contributed by atoms with Gasteiger partial charge in [0.25, 0.3) is 0 Å². The van der Waals surface area contributed by atoms with Crippen LogP contribution in [0.25, 0.3) is 10.8 Å². The maximum absolute atomic E-state index is 4.40. The number of rotatable bonds is 2. The number of hydrogen-bond acceptors (Lipinski definition) is 3. The van der Waals surface area contributed by atoms with Gasteiger partial charge in [-0.15, -0.1) is 0 Å². The minimum absolute atomic E-state index is 0.711. The molecule has 0 atom stereocenters. The van der Waals surface area contributed by atoms with Gasteiger partial charge in [0, 0.05) is 47.5 Å². The van der Waals surface area contributed by atoms with Crippen molar-refractivity contribution in [2.75, 3.05) is 25.5 Å². The molecule has 1 aromatic heterocycles. The summed E-state index contributed by atoms with van der Waals surface area (Å²) in [6, 6.07) is 8.17. The third-order valence-electron chi connectivity index (χ3n) is 5.61. The third kappa shape index (κ3) is 2.28. The second-order valence-corrected chi connectivity index (χ2v) is 7.04. The topological polar surface area (TPSA) is 19.4 Å². The lowest BCUT2D eigenvalue weighted by molar-refractivity contribution is 0.213. The van der Waals surface area contributed by atoms with Gasteiger partial charge in [-0.25, -0.2) is 0 Å². The molecule has 2 aliphatic rings. The average Bonchev–Trinajstić information content (AvgIpc) is 2.56. The molecule has 2 aromatic rings. The van der Waals surface area contributed by atoms with Gasteiger partial charge < -0.3 is 9.80 Å². The van der Waals surface area contributed by atoms with Gasteiger partial charge in [-0.3, -0.25) is 4.98 Å². The summed E-state index contributed by atoms with van der Waals surface area (Å²) in [6.07, 6.45) is 10.5. The fourth-order valence-electron chi connectivity index (χ4n) is 4.34. The van der Waals surface area contributed by atoms with E-state index in [1.807, 2.05) is 6.20 Å². The Morgan fingerprint density at radius 1 is 1.09 bits per heavy atom. The van der Waals surface area contributed by atoms with E-state index in [0.29, 0.717) is 6.04 Å². The van der Waals surface area contributed by atoms with Crippen molar-refractivity contribution in [3.63, 3.8) is 0 Å². The van der Waals surface area contributed by atoms with Crippen LogP contribution in [0.1, 0.15) is 31.2 Å². The standard InChI is InChI=1S/C19H25N3/c1-21(2)16-6-8-17(9-7-16)22-11-10-15-13-20-12-14-4-3-5-18(22)19(14)15/h3-5,12-13,16-17H,6-11H2,1-2H3/t16-,17+. The summed E-state index contributed by atoms with van der Waals surface area (Å²) >= 11 is 0. The van der Waals surface area contributed by atoms with Gasteiger partial charge in [-0.2, -0.15) is 0 Å². The van der Waals surface area contributed by atoms with Gasteiger partial charge in [-0.05, 0) is 57.8 Å². The molecule has 1 fully saturated rings. The fourth-order valence-corrected chi connectivity index (χ4v) is 4.34. The monoisotopic (exact) mass is 295 g/mol. The van der Waals surface area contributed by atoms with Crippen molar-refractivity contribution in [2.45, 2.75) is 44.2 Å². The van der Waals surface area contributed by atoms with Crippen molar-refractivity contribution in [2.24, 2.45) is 0 Å². The number of hydrogen-bond donors (Lipinski definition) is 0. The zero-order chi connectivity index (χ0) is 15.1. The van der Waals surface area contributed by atoms with Gasteiger partial charge >= 0.3 is 0 Å². The average molecular weight is 295 g/mol. The second-order valence-electron chi connectivity index (χ2n) is 7.04. The summed E-state index contributed by atoms with van der Waals surface area (Å²) in [5.74, 6) is 0. The van der Waals surface area contributed by atoms with E-state index in [0.717, 1.165) is 19.0 Å². The molecule has 4 rings (SSSR count). The molecular formula is C19H25N3. The van der Waals surface area contributed by atoms with Crippen LogP contribution in [-0.2, 0) is 6.42 Å². The van der Waals surface area contributed by atoms with Gasteiger partial charge in [0.15, 0.2) is 0 Å². The molecule has 1 aliphatic heterocycles. The Labute approximate surface area is 132 Å². The van der Waals surface area contributed by atoms with Gasteiger partial charge in [-0.1, -0.05) is 12.1 Å². The fraction of sp³-hybridized carbons (Fsp3) is 0.526. The third-order valence-corrected chi connectivity index (χ3v) is 5.61. The SMILES string of the molecule is CN(C)[C@H]1CC[C@@H](N2CCc3cncc4cccc2c34)CC1. The molecule has 0 amide bonds. The highest BCUT2D eigenvalue weighted by atomic mass is 15.2. The van der Waals surface area contributed by atoms with Crippen molar-refractivity contribution in [3.05, 3.63) is 36.2 Å². The number of pyridine rings is 1. The first-order chi connectivity index (χ1) is 10.7. The van der Waals surface area contributed by atoms with E-state index in [1.54, 1.807) is 0 Å². The van der Waals surface area contributed by atoms with Crippen LogP contribution >= 0.6 is 0 Å². The van der Waals surface area contributed by atoms with Crippen LogP contribution in [0.2, 0.25) is 0 Å². The molecule has 0 N–H and O–H groups in total. The van der Waals surface area contributed by atoms with E-state index < -0.39 is 0 Å². The summed E-state index contributed by atoms with van der Waals surface area (Å²) in [6.45, 7) is 1.15. The first-order valence-electron chi connectivity index (χ1n) is 8.52. The molecule has 3 nitrogen and oxygen atoms in total. The Morgan fingerprint density at radius 2 is 1.91 bits per heavy atom. The summed E-state index contributed by atoms with van der Waals surface area (Å²) < 4.78 is 0. The lowest BCUT2D eigenvalue weighted by atomic mass is 9.87. The number of aromatic nitrogens is 1. The predicted molar refractivity (Wildman–Crippen MR) is 92.5 cm³/mol. The summed E-state index contributed by atoms with van der Waals surface area (Å²) in [5, 5.41) is 2.74. The summed E-state index contributed by atoms with van der Waals surface area (Å²) in [5.41, 5.74) is 2.86. The van der Waals surface area contributed by atoms with E-state index in [9.17, 15) is 0 Å². The highest BCUT2D eigenvalue weighted by molar-refractivity contribution is 5.97. The molecule has 0 bridgehead atoms. The predicted octanol–water partition coefficient (Wildman–Crippen LogP) is 3.47. The molecule has 1 aromatic carbocycles. The quantitative estimate of drug-likeness (QED) is 0.845. The lowest BCUT2D eigenvalue weighted by Gasteiger charge is -2.42. The first-order valence-corrected chi connectivity index (χ1v) is 8.52. The van der Waals surface area contributed by atoms with Gasteiger partial charge in [0.2, 0.25) is 0 Å². The summed E-state index contributed by atoms with van der Waals surface area (Å²) in [4.78, 5) is 9.48. The van der Waals surface area contributed by atoms with E-state index in [4.69, 9.17) is 0 Å². The molecule has 0 radical (unpaired) electrons. The normalized spacial score (nSPS) is 25.0. The maximum Gasteiger partial charge on any atom is 0.0452 e. The van der Waals surface area contributed by atoms with Crippen molar-refractivity contribution < 1.29 is 0 Å². The smallest absolute Gasteiger partial charge is 0.0452 e. The Bertz CT molecular complexity index is 666. The van der Waals surface area contributed by atoms with Gasteiger partial charge in [0.1, 0.15) is 0 Å². The van der Waals surface area contributed by atoms with E-state index in [2.05, 4.69) is 53.3 Å². The van der Waals surface area contributed by atoms with Crippen LogP contribution in [-0.4, -0.2) is 42.6 Å². The maximum atomic E-state index is 4.40. The van der Waals surface area contributed by atoms with Crippen LogP contribution in [0.4, 0.5) is 5.69 Å². The second kappa shape index (κ2) is 5.54. The Morgan fingerprint density at radius 3 is 2.68 bits per heavy atom. The largest absolute Gasteiger partial charge is 0.368 e. The van der Waals surface area contributed by atoms with Crippen LogP contribution in [0, 0.1) is 0 Å². The molecular weight excluding hydrogens is 270 g/mol. The Kier molecular flexibility index (Phi) is 3.53. The zero-order valence-electron chi connectivity index (χ0n) is 13.6. The molecule has 3 heteroatoms. The molecule has 1 saturated carbocycles. The lowest BCUT2D eigenvalue weighted by Crippen LogP contribution is -2.44. The molecule has 0 unspecified atom stereocenters. The Hall–Kier alpha value is -1.61. The van der Waals surface area contributed by atoms with E-state index in [1.165, 1.54) is 47.7 Å². The van der Waals surface area contributed by atoms with Crippen LogP contribution in [0.15, 0.2) is 30.6 Å². The zero-order valence-corrected chi connectivity index (χ0v) is 13.6. The van der Waals surface area contributed by atoms with E-state index >= 15 is 0 Å². The van der Waals surface area contributed by atoms with Crippen molar-refractivity contribution in [3.8, 4) is 0 Å². The minimum Gasteiger partial charge on any atom is -0.368 e. The van der Waals surface area contributed by atoms with Crippen LogP contribution in [0.5, 0.6) is 0 Å². The molecule has 116 valence electrons. The number of anilines is 1. The molecule has 0 spiro atoms. The van der Waals surface area contributed by atoms with Crippen LogP contribution < -0.4 is 4.90 Å². The molecule has 2 heterocycles. The van der Waals surface area contributed by atoms with Crippen molar-refractivity contribution >= 4 is 16.5 Å². The minimum atomic E-state index is 0.711. The highest BCUT2D eigenvalue weighted by Crippen LogP contribution is 2.37. The summed E-state index contributed by atoms with van der Waals surface area (Å²) in [7, 11) is 4.44. The molecule has 22 heavy (non-hydrogen) atoms. The first kappa shape index (κ1) is 14.0. The number of benzene rings is 1. The van der Waals surface area contributed by atoms with Gasteiger partial charge in [0.05, 0.1) is 0 Å². The Balaban J connectivity index is 1.64. The van der Waals surface area contributed by atoms with E-state index in [-0.39, 0.29) is 0 Å². The van der Waals surface area contributed by atoms with Crippen LogP contribution in [0.3, 0.4) is 0 Å².